The second-order valence-electron chi connectivity index (χ2n) is 8.02. The number of hydrogen-bond acceptors (Lipinski definition) is 4. The van der Waals surface area contributed by atoms with E-state index in [1.807, 2.05) is 43.3 Å². The zero-order valence-corrected chi connectivity index (χ0v) is 20.2. The van der Waals surface area contributed by atoms with E-state index in [4.69, 9.17) is 16.3 Å². The Hall–Kier alpha value is -3.58. The van der Waals surface area contributed by atoms with Crippen molar-refractivity contribution >= 4 is 23.4 Å². The van der Waals surface area contributed by atoms with Crippen molar-refractivity contribution in [2.24, 2.45) is 0 Å². The minimum Gasteiger partial charge on any atom is -0.483 e. The van der Waals surface area contributed by atoms with Gasteiger partial charge in [0.2, 0.25) is 0 Å². The van der Waals surface area contributed by atoms with Crippen molar-refractivity contribution in [2.45, 2.75) is 25.9 Å². The first-order chi connectivity index (χ1) is 16.3. The van der Waals surface area contributed by atoms with Crippen LogP contribution in [0.1, 0.15) is 40.9 Å². The van der Waals surface area contributed by atoms with E-state index in [0.717, 1.165) is 11.1 Å². The van der Waals surface area contributed by atoms with E-state index in [9.17, 15) is 14.4 Å². The van der Waals surface area contributed by atoms with Gasteiger partial charge in [-0.2, -0.15) is 0 Å². The number of carbonyl (C=O) groups excluding carboxylic acids is 2. The van der Waals surface area contributed by atoms with E-state index in [0.29, 0.717) is 22.8 Å². The summed E-state index contributed by atoms with van der Waals surface area (Å²) in [5.74, 6) is 0.0557. The van der Waals surface area contributed by atoms with Gasteiger partial charge in [0.15, 0.2) is 6.61 Å². The highest BCUT2D eigenvalue weighted by atomic mass is 35.5. The number of rotatable bonds is 9. The Morgan fingerprint density at radius 2 is 1.76 bits per heavy atom. The minimum atomic E-state index is -0.345. The Kier molecular flexibility index (Phi) is 8.49. The molecule has 0 spiro atoms. The summed E-state index contributed by atoms with van der Waals surface area (Å²) in [6.07, 6.45) is 2.14. The van der Waals surface area contributed by atoms with E-state index >= 15 is 0 Å². The number of pyridine rings is 1. The van der Waals surface area contributed by atoms with E-state index < -0.39 is 0 Å². The van der Waals surface area contributed by atoms with Gasteiger partial charge in [-0.25, -0.2) is 0 Å². The molecule has 1 N–H and O–H groups in total. The number of hydrogen-bond donors (Lipinski definition) is 1. The van der Waals surface area contributed by atoms with Crippen LogP contribution in [0.3, 0.4) is 0 Å². The summed E-state index contributed by atoms with van der Waals surface area (Å²) in [7, 11) is 3.33. The van der Waals surface area contributed by atoms with Crippen LogP contribution in [0.15, 0.2) is 71.7 Å². The molecule has 0 aliphatic heterocycles. The predicted octanol–water partition coefficient (Wildman–Crippen LogP) is 3.90. The monoisotopic (exact) mass is 481 g/mol. The summed E-state index contributed by atoms with van der Waals surface area (Å²) in [5.41, 5.74) is 1.68. The van der Waals surface area contributed by atoms with Gasteiger partial charge in [0, 0.05) is 36.9 Å². The van der Waals surface area contributed by atoms with Crippen molar-refractivity contribution in [3.8, 4) is 5.75 Å². The van der Waals surface area contributed by atoms with Crippen molar-refractivity contribution in [3.05, 3.63) is 98.9 Å². The molecule has 1 atom stereocenters. The lowest BCUT2D eigenvalue weighted by Gasteiger charge is -2.21. The number of aromatic nitrogens is 1. The average Bonchev–Trinajstić information content (AvgIpc) is 2.83. The normalized spacial score (nSPS) is 11.5. The van der Waals surface area contributed by atoms with Gasteiger partial charge in [0.05, 0.1) is 18.2 Å². The summed E-state index contributed by atoms with van der Waals surface area (Å²) in [6.45, 7) is 2.11. The molecule has 3 aromatic rings. The lowest BCUT2D eigenvalue weighted by Crippen LogP contribution is -2.31. The molecule has 1 unspecified atom stereocenters. The van der Waals surface area contributed by atoms with Crippen LogP contribution >= 0.6 is 11.6 Å². The van der Waals surface area contributed by atoms with Gasteiger partial charge in [-0.05, 0) is 30.2 Å². The zero-order chi connectivity index (χ0) is 24.7. The van der Waals surface area contributed by atoms with Crippen LogP contribution in [-0.4, -0.2) is 42.0 Å². The molecule has 0 aliphatic rings. The van der Waals surface area contributed by atoms with Gasteiger partial charge >= 0.3 is 0 Å². The number of likely N-dealkylation sites (N-methyl/N-ethyl adjacent to an activating group) is 1. The summed E-state index contributed by atoms with van der Waals surface area (Å²) >= 11 is 6.23. The van der Waals surface area contributed by atoms with Crippen molar-refractivity contribution in [1.82, 2.24) is 14.8 Å². The van der Waals surface area contributed by atoms with Crippen molar-refractivity contribution < 1.29 is 14.3 Å². The highest BCUT2D eigenvalue weighted by Crippen LogP contribution is 2.27. The third-order valence-corrected chi connectivity index (χ3v) is 5.77. The minimum absolute atomic E-state index is 0.0958. The second-order valence-corrected chi connectivity index (χ2v) is 8.43. The summed E-state index contributed by atoms with van der Waals surface area (Å²) in [5, 5.41) is 3.57. The molecule has 0 radical (unpaired) electrons. The number of para-hydroxylation sites is 1. The van der Waals surface area contributed by atoms with Gasteiger partial charge in [0.25, 0.3) is 17.4 Å². The first kappa shape index (κ1) is 25.1. The topological polar surface area (TPSA) is 80.6 Å². The molecule has 0 saturated heterocycles. The molecule has 1 aromatic heterocycles. The lowest BCUT2D eigenvalue weighted by molar-refractivity contribution is -0.130. The van der Waals surface area contributed by atoms with Gasteiger partial charge < -0.3 is 19.5 Å². The Labute approximate surface area is 203 Å². The fourth-order valence-electron chi connectivity index (χ4n) is 3.41. The van der Waals surface area contributed by atoms with Gasteiger partial charge in [0.1, 0.15) is 5.75 Å². The summed E-state index contributed by atoms with van der Waals surface area (Å²) in [6, 6.07) is 17.1. The van der Waals surface area contributed by atoms with Crippen LogP contribution in [0.4, 0.5) is 0 Å². The first-order valence-corrected chi connectivity index (χ1v) is 11.3. The predicted molar refractivity (Wildman–Crippen MR) is 132 cm³/mol. The van der Waals surface area contributed by atoms with Crippen molar-refractivity contribution in [3.63, 3.8) is 0 Å². The van der Waals surface area contributed by atoms with Crippen LogP contribution in [0.2, 0.25) is 5.02 Å². The lowest BCUT2D eigenvalue weighted by atomic mass is 10.0. The third kappa shape index (κ3) is 6.26. The molecule has 0 bridgehead atoms. The van der Waals surface area contributed by atoms with Crippen LogP contribution in [0.25, 0.3) is 0 Å². The number of carbonyl (C=O) groups is 2. The fourth-order valence-corrected chi connectivity index (χ4v) is 3.60. The maximum Gasteiger partial charge on any atom is 0.259 e. The number of nitrogens with one attached hydrogen (secondary N) is 1. The molecule has 178 valence electrons. The van der Waals surface area contributed by atoms with Crippen LogP contribution < -0.4 is 15.6 Å². The van der Waals surface area contributed by atoms with E-state index in [1.165, 1.54) is 27.8 Å². The SMILES string of the molecule is CCC(NC(=O)c1ccc(=O)n(Cc2ccccc2Cl)c1)c1ccccc1OCC(=O)N(C)C. The second kappa shape index (κ2) is 11.5. The largest absolute Gasteiger partial charge is 0.483 e. The Morgan fingerprint density at radius 3 is 2.47 bits per heavy atom. The molecule has 0 saturated carbocycles. The van der Waals surface area contributed by atoms with E-state index in [-0.39, 0.29) is 36.6 Å². The van der Waals surface area contributed by atoms with E-state index in [2.05, 4.69) is 5.32 Å². The Morgan fingerprint density at radius 1 is 1.06 bits per heavy atom. The maximum absolute atomic E-state index is 13.1. The Balaban J connectivity index is 1.79. The van der Waals surface area contributed by atoms with Crippen molar-refractivity contribution in [1.29, 1.82) is 0 Å². The summed E-state index contributed by atoms with van der Waals surface area (Å²) in [4.78, 5) is 38.8. The molecule has 7 nitrogen and oxygen atoms in total. The number of nitrogens with zero attached hydrogens (tertiary/aromatic N) is 2. The average molecular weight is 482 g/mol. The highest BCUT2D eigenvalue weighted by Gasteiger charge is 2.19. The van der Waals surface area contributed by atoms with Gasteiger partial charge in [-0.3, -0.25) is 14.4 Å². The smallest absolute Gasteiger partial charge is 0.259 e. The van der Waals surface area contributed by atoms with Crippen LogP contribution in [0.5, 0.6) is 5.75 Å². The molecule has 2 aromatic carbocycles. The molecule has 8 heteroatoms. The number of ether oxygens (including phenoxy) is 1. The highest BCUT2D eigenvalue weighted by molar-refractivity contribution is 6.31. The van der Waals surface area contributed by atoms with Crippen LogP contribution in [0, 0.1) is 0 Å². The van der Waals surface area contributed by atoms with E-state index in [1.54, 1.807) is 26.2 Å². The molecule has 34 heavy (non-hydrogen) atoms. The first-order valence-electron chi connectivity index (χ1n) is 11.0. The molecule has 0 fully saturated rings. The molecular formula is C26H28ClN3O4. The fraction of sp³-hybridized carbons (Fsp3) is 0.269. The van der Waals surface area contributed by atoms with Crippen molar-refractivity contribution in [2.75, 3.05) is 20.7 Å². The van der Waals surface area contributed by atoms with Gasteiger partial charge in [-0.1, -0.05) is 54.9 Å². The summed E-state index contributed by atoms with van der Waals surface area (Å²) < 4.78 is 7.20. The number of halogens is 1. The van der Waals surface area contributed by atoms with Crippen LogP contribution in [-0.2, 0) is 11.3 Å². The Bertz CT molecular complexity index is 1220. The quantitative estimate of drug-likeness (QED) is 0.502. The zero-order valence-electron chi connectivity index (χ0n) is 19.5. The number of amides is 2. The van der Waals surface area contributed by atoms with Gasteiger partial charge in [-0.15, -0.1) is 0 Å². The molecular weight excluding hydrogens is 454 g/mol. The number of benzene rings is 2. The maximum atomic E-state index is 13.1. The molecule has 0 aliphatic carbocycles. The standard InChI is InChI=1S/C26H28ClN3O4/c1-4-22(20-10-6-8-12-23(20)34-17-25(32)29(2)3)28-26(33)19-13-14-24(31)30(16-19)15-18-9-5-7-11-21(18)27/h5-14,16,22H,4,15,17H2,1-3H3,(H,28,33). The third-order valence-electron chi connectivity index (χ3n) is 5.40. The molecule has 2 amide bonds. The molecule has 3 rings (SSSR count). The molecule has 1 heterocycles.